The van der Waals surface area contributed by atoms with Crippen molar-refractivity contribution in [3.63, 3.8) is 0 Å². The lowest BCUT2D eigenvalue weighted by molar-refractivity contribution is 0.224. The highest BCUT2D eigenvalue weighted by molar-refractivity contribution is 5.75. The lowest BCUT2D eigenvalue weighted by atomic mass is 9.80. The predicted molar refractivity (Wildman–Crippen MR) is 87.8 cm³/mol. The Morgan fingerprint density at radius 1 is 1.50 bits per heavy atom. The summed E-state index contributed by atoms with van der Waals surface area (Å²) in [6, 6.07) is 4.55. The van der Waals surface area contributed by atoms with E-state index in [-0.39, 0.29) is 29.8 Å². The van der Waals surface area contributed by atoms with Crippen LogP contribution in [0.25, 0.3) is 0 Å². The van der Waals surface area contributed by atoms with Crippen LogP contribution in [0.2, 0.25) is 0 Å². The molecule has 0 saturated heterocycles. The fourth-order valence-electron chi connectivity index (χ4n) is 3.26. The number of nitrogens with zero attached hydrogens (tertiary/aromatic N) is 3. The second-order valence-electron chi connectivity index (χ2n) is 6.44. The van der Waals surface area contributed by atoms with Crippen LogP contribution in [0.15, 0.2) is 30.9 Å². The Hall–Kier alpha value is -2.44. The second kappa shape index (κ2) is 6.98. The van der Waals surface area contributed by atoms with E-state index in [2.05, 4.69) is 27.6 Å². The van der Waals surface area contributed by atoms with Gasteiger partial charge in [-0.1, -0.05) is 19.1 Å². The Kier molecular flexibility index (Phi) is 4.78. The average molecular weight is 331 g/mol. The molecule has 1 heterocycles. The van der Waals surface area contributed by atoms with Crippen LogP contribution in [0.5, 0.6) is 0 Å². The fraction of sp³-hybridized carbons (Fsp3) is 0.471. The number of carbonyl (C=O) groups excluding carboxylic acids is 1. The van der Waals surface area contributed by atoms with Gasteiger partial charge in [-0.15, -0.1) is 0 Å². The second-order valence-corrected chi connectivity index (χ2v) is 6.44. The van der Waals surface area contributed by atoms with E-state index in [1.165, 1.54) is 12.4 Å². The van der Waals surface area contributed by atoms with Crippen molar-refractivity contribution in [1.82, 2.24) is 25.4 Å². The van der Waals surface area contributed by atoms with Crippen LogP contribution in [0.4, 0.5) is 9.18 Å². The molecule has 2 aromatic rings. The maximum atomic E-state index is 14.0. The van der Waals surface area contributed by atoms with Gasteiger partial charge in [-0.05, 0) is 42.9 Å². The first kappa shape index (κ1) is 16.4. The molecule has 2 amide bonds. The van der Waals surface area contributed by atoms with E-state index >= 15 is 0 Å². The molecular formula is C17H22FN5O. The Balaban J connectivity index is 1.65. The van der Waals surface area contributed by atoms with Crippen molar-refractivity contribution in [1.29, 1.82) is 0 Å². The zero-order chi connectivity index (χ0) is 17.1. The Morgan fingerprint density at radius 2 is 2.33 bits per heavy atom. The molecule has 0 fully saturated rings. The van der Waals surface area contributed by atoms with Crippen LogP contribution in [0.3, 0.4) is 0 Å². The first-order valence-corrected chi connectivity index (χ1v) is 8.21. The average Bonchev–Trinajstić information content (AvgIpc) is 3.03. The quantitative estimate of drug-likeness (QED) is 0.904. The number of carbonyl (C=O) groups is 1. The zero-order valence-corrected chi connectivity index (χ0v) is 13.9. The van der Waals surface area contributed by atoms with E-state index in [0.29, 0.717) is 13.0 Å². The van der Waals surface area contributed by atoms with Crippen LogP contribution in [0.1, 0.15) is 37.4 Å². The number of hydrogen-bond donors (Lipinski definition) is 2. The van der Waals surface area contributed by atoms with Crippen molar-refractivity contribution in [3.05, 3.63) is 47.8 Å². The van der Waals surface area contributed by atoms with Gasteiger partial charge in [-0.2, -0.15) is 5.10 Å². The van der Waals surface area contributed by atoms with E-state index in [1.54, 1.807) is 17.1 Å². The minimum atomic E-state index is -0.253. The molecule has 0 saturated carbocycles. The summed E-state index contributed by atoms with van der Waals surface area (Å²) in [6.45, 7) is 4.52. The number of nitrogens with one attached hydrogen (secondary N) is 2. The molecule has 24 heavy (non-hydrogen) atoms. The SMILES string of the molecule is C[C@H](Cn1cncn1)NC(=O)N[C@H]1c2cccc(F)c2CC[C@@H]1C. The predicted octanol–water partition coefficient (Wildman–Crippen LogP) is 2.43. The zero-order valence-electron chi connectivity index (χ0n) is 13.9. The van der Waals surface area contributed by atoms with Crippen molar-refractivity contribution < 1.29 is 9.18 Å². The van der Waals surface area contributed by atoms with Gasteiger partial charge in [0.2, 0.25) is 0 Å². The van der Waals surface area contributed by atoms with E-state index in [1.807, 2.05) is 13.0 Å². The van der Waals surface area contributed by atoms with Crippen LogP contribution >= 0.6 is 0 Å². The Morgan fingerprint density at radius 3 is 3.08 bits per heavy atom. The molecule has 3 atom stereocenters. The van der Waals surface area contributed by atoms with E-state index in [4.69, 9.17) is 0 Å². The van der Waals surface area contributed by atoms with Crippen LogP contribution < -0.4 is 10.6 Å². The lowest BCUT2D eigenvalue weighted by Gasteiger charge is -2.32. The molecule has 0 spiro atoms. The smallest absolute Gasteiger partial charge is 0.315 e. The van der Waals surface area contributed by atoms with Gasteiger partial charge in [0.15, 0.2) is 0 Å². The van der Waals surface area contributed by atoms with E-state index in [9.17, 15) is 9.18 Å². The van der Waals surface area contributed by atoms with Crippen LogP contribution in [0, 0.1) is 11.7 Å². The molecule has 1 aromatic carbocycles. The third-order valence-corrected chi connectivity index (χ3v) is 4.50. The topological polar surface area (TPSA) is 71.8 Å². The molecule has 6 nitrogen and oxygen atoms in total. The van der Waals surface area contributed by atoms with Gasteiger partial charge in [0, 0.05) is 6.04 Å². The highest BCUT2D eigenvalue weighted by atomic mass is 19.1. The summed E-state index contributed by atoms with van der Waals surface area (Å²) in [5.41, 5.74) is 1.60. The molecule has 0 aliphatic heterocycles. The summed E-state index contributed by atoms with van der Waals surface area (Å²) in [5.74, 6) is 0.0711. The largest absolute Gasteiger partial charge is 0.334 e. The molecule has 2 N–H and O–H groups in total. The molecule has 3 rings (SSSR count). The monoisotopic (exact) mass is 331 g/mol. The van der Waals surface area contributed by atoms with Crippen molar-refractivity contribution in [3.8, 4) is 0 Å². The number of urea groups is 1. The van der Waals surface area contributed by atoms with Gasteiger partial charge < -0.3 is 10.6 Å². The highest BCUT2D eigenvalue weighted by Gasteiger charge is 2.29. The van der Waals surface area contributed by atoms with Gasteiger partial charge in [0.05, 0.1) is 12.6 Å². The summed E-state index contributed by atoms with van der Waals surface area (Å²) < 4.78 is 15.7. The van der Waals surface area contributed by atoms with Crippen molar-refractivity contribution in [2.45, 2.75) is 45.3 Å². The normalized spacial score (nSPS) is 21.0. The number of amides is 2. The summed E-state index contributed by atoms with van der Waals surface area (Å²) in [7, 11) is 0. The molecule has 1 aliphatic rings. The van der Waals surface area contributed by atoms with Gasteiger partial charge in [-0.3, -0.25) is 4.68 Å². The number of hydrogen-bond acceptors (Lipinski definition) is 3. The minimum absolute atomic E-state index is 0.0995. The van der Waals surface area contributed by atoms with Gasteiger partial charge in [-0.25, -0.2) is 14.2 Å². The number of benzene rings is 1. The summed E-state index contributed by atoms with van der Waals surface area (Å²) in [6.07, 6.45) is 4.64. The first-order valence-electron chi connectivity index (χ1n) is 8.21. The molecule has 0 unspecified atom stereocenters. The molecule has 7 heteroatoms. The third kappa shape index (κ3) is 3.55. The van der Waals surface area contributed by atoms with E-state index < -0.39 is 0 Å². The molecular weight excluding hydrogens is 309 g/mol. The molecule has 0 radical (unpaired) electrons. The van der Waals surface area contributed by atoms with E-state index in [0.717, 1.165) is 17.5 Å². The van der Waals surface area contributed by atoms with Gasteiger partial charge in [0.25, 0.3) is 0 Å². The number of rotatable bonds is 4. The molecule has 128 valence electrons. The van der Waals surface area contributed by atoms with Crippen molar-refractivity contribution in [2.24, 2.45) is 5.92 Å². The van der Waals surface area contributed by atoms with Crippen LogP contribution in [-0.4, -0.2) is 26.8 Å². The lowest BCUT2D eigenvalue weighted by Crippen LogP contribution is -2.46. The maximum Gasteiger partial charge on any atom is 0.315 e. The number of fused-ring (bicyclic) bond motifs is 1. The van der Waals surface area contributed by atoms with Gasteiger partial charge in [0.1, 0.15) is 18.5 Å². The van der Waals surface area contributed by atoms with Crippen LogP contribution in [-0.2, 0) is 13.0 Å². The first-order chi connectivity index (χ1) is 11.5. The molecule has 0 bridgehead atoms. The molecule has 1 aliphatic carbocycles. The Bertz CT molecular complexity index is 703. The third-order valence-electron chi connectivity index (χ3n) is 4.50. The number of aromatic nitrogens is 3. The number of halogens is 1. The standard InChI is InChI=1S/C17H22FN5O/c1-11-6-7-13-14(4-3-5-15(13)18)16(11)22-17(24)21-12(2)8-23-10-19-9-20-23/h3-5,9-12,16H,6-8H2,1-2H3,(H2,21,22,24)/t11-,12+,16+/m0/s1. The summed E-state index contributed by atoms with van der Waals surface area (Å²) in [5, 5.41) is 9.92. The van der Waals surface area contributed by atoms with Crippen molar-refractivity contribution in [2.75, 3.05) is 0 Å². The summed E-state index contributed by atoms with van der Waals surface area (Å²) in [4.78, 5) is 16.2. The highest BCUT2D eigenvalue weighted by Crippen LogP contribution is 2.35. The van der Waals surface area contributed by atoms with Crippen molar-refractivity contribution >= 4 is 6.03 Å². The maximum absolute atomic E-state index is 14.0. The van der Waals surface area contributed by atoms with Gasteiger partial charge >= 0.3 is 6.03 Å². The minimum Gasteiger partial charge on any atom is -0.334 e. The Labute approximate surface area is 140 Å². The molecule has 1 aromatic heterocycles. The summed E-state index contributed by atoms with van der Waals surface area (Å²) >= 11 is 0. The fourth-order valence-corrected chi connectivity index (χ4v) is 3.26.